The summed E-state index contributed by atoms with van der Waals surface area (Å²) >= 11 is 4.70. The minimum Gasteiger partial charge on any atom is -0.292 e. The van der Waals surface area contributed by atoms with E-state index in [9.17, 15) is 4.79 Å². The molecule has 0 aliphatic heterocycles. The van der Waals surface area contributed by atoms with Gasteiger partial charge in [-0.25, -0.2) is 9.67 Å². The average molecular weight is 374 g/mol. The monoisotopic (exact) mass is 373 g/mol. The van der Waals surface area contributed by atoms with Gasteiger partial charge in [-0.3, -0.25) is 4.79 Å². The number of rotatable bonds is 3. The molecule has 1 heterocycles. The molecule has 0 spiro atoms. The first-order valence-corrected chi connectivity index (χ1v) is 8.21. The van der Waals surface area contributed by atoms with E-state index in [1.54, 1.807) is 4.68 Å². The van der Waals surface area contributed by atoms with E-state index in [4.69, 9.17) is 0 Å². The number of ketones is 1. The number of carbonyl (C=O) groups is 1. The molecule has 2 aromatic carbocycles. The first-order valence-electron chi connectivity index (χ1n) is 6.60. The van der Waals surface area contributed by atoms with Crippen LogP contribution in [0.2, 0.25) is 0 Å². The Hall–Kier alpha value is -2.05. The number of hydrogen-bond donors (Lipinski definition) is 0. The predicted molar refractivity (Wildman–Crippen MR) is 90.8 cm³/mol. The Balaban J connectivity index is 2.18. The van der Waals surface area contributed by atoms with Gasteiger partial charge in [-0.1, -0.05) is 45.5 Å². The van der Waals surface area contributed by atoms with E-state index in [0.717, 1.165) is 15.8 Å². The Morgan fingerprint density at radius 3 is 2.45 bits per heavy atom. The van der Waals surface area contributed by atoms with Crippen molar-refractivity contribution in [1.82, 2.24) is 9.78 Å². The molecule has 0 radical (unpaired) electrons. The van der Waals surface area contributed by atoms with Gasteiger partial charge in [0.1, 0.15) is 0 Å². The summed E-state index contributed by atoms with van der Waals surface area (Å²) in [6, 6.07) is 17.3. The molecule has 0 aliphatic rings. The van der Waals surface area contributed by atoms with Gasteiger partial charge in [-0.05, 0) is 36.4 Å². The van der Waals surface area contributed by atoms with Gasteiger partial charge >= 0.3 is 0 Å². The van der Waals surface area contributed by atoms with E-state index in [1.807, 2.05) is 54.6 Å². The summed E-state index contributed by atoms with van der Waals surface area (Å²) < 4.78 is 2.68. The first-order chi connectivity index (χ1) is 10.6. The van der Waals surface area contributed by atoms with Crippen molar-refractivity contribution in [1.29, 1.82) is 0 Å². The molecule has 0 unspecified atom stereocenters. The maximum atomic E-state index is 11.6. The summed E-state index contributed by atoms with van der Waals surface area (Å²) in [7, 11) is 0. The van der Waals surface area contributed by atoms with Crippen molar-refractivity contribution in [2.75, 3.05) is 0 Å². The zero-order chi connectivity index (χ0) is 15.5. The molecule has 110 valence electrons. The SMILES string of the molecule is CC(=O)c1nn(-c2ccc(Br)cc2)c(=Nc2ccccc2)s1. The number of benzene rings is 2. The topological polar surface area (TPSA) is 47.2 Å². The van der Waals surface area contributed by atoms with Crippen molar-refractivity contribution in [2.24, 2.45) is 4.99 Å². The Labute approximate surface area is 139 Å². The van der Waals surface area contributed by atoms with Crippen LogP contribution in [-0.4, -0.2) is 15.6 Å². The fourth-order valence-electron chi connectivity index (χ4n) is 1.86. The second-order valence-electron chi connectivity index (χ2n) is 4.58. The Kier molecular flexibility index (Phi) is 4.31. The zero-order valence-electron chi connectivity index (χ0n) is 11.7. The Morgan fingerprint density at radius 1 is 1.14 bits per heavy atom. The summed E-state index contributed by atoms with van der Waals surface area (Å²) in [5, 5.41) is 4.82. The van der Waals surface area contributed by atoms with E-state index >= 15 is 0 Å². The minimum absolute atomic E-state index is 0.0645. The molecule has 0 amide bonds. The zero-order valence-corrected chi connectivity index (χ0v) is 14.1. The van der Waals surface area contributed by atoms with E-state index < -0.39 is 0 Å². The summed E-state index contributed by atoms with van der Waals surface area (Å²) in [4.78, 5) is 16.9. The number of nitrogens with zero attached hydrogens (tertiary/aromatic N) is 3. The lowest BCUT2D eigenvalue weighted by molar-refractivity contribution is 0.101. The number of para-hydroxylation sites is 1. The lowest BCUT2D eigenvalue weighted by Gasteiger charge is -2.01. The summed E-state index contributed by atoms with van der Waals surface area (Å²) in [6.07, 6.45) is 0. The molecule has 0 saturated heterocycles. The van der Waals surface area contributed by atoms with Crippen LogP contribution in [0, 0.1) is 0 Å². The number of hydrogen-bond acceptors (Lipinski definition) is 4. The highest BCUT2D eigenvalue weighted by atomic mass is 79.9. The van der Waals surface area contributed by atoms with Crippen LogP contribution in [0.5, 0.6) is 0 Å². The molecule has 1 aromatic heterocycles. The Bertz CT molecular complexity index is 866. The van der Waals surface area contributed by atoms with E-state index in [2.05, 4.69) is 26.0 Å². The molecule has 6 heteroatoms. The first kappa shape index (κ1) is 14.9. The van der Waals surface area contributed by atoms with Gasteiger partial charge in [0.15, 0.2) is 10.8 Å². The van der Waals surface area contributed by atoms with Crippen LogP contribution in [0.4, 0.5) is 5.69 Å². The van der Waals surface area contributed by atoms with E-state index in [0.29, 0.717) is 9.81 Å². The summed E-state index contributed by atoms with van der Waals surface area (Å²) in [6.45, 7) is 1.51. The number of Topliss-reactive ketones (excluding diaryl/α,β-unsaturated/α-hetero) is 1. The molecule has 0 bridgehead atoms. The highest BCUT2D eigenvalue weighted by molar-refractivity contribution is 9.10. The summed E-state index contributed by atoms with van der Waals surface area (Å²) in [5.41, 5.74) is 1.69. The van der Waals surface area contributed by atoms with Crippen LogP contribution in [0.25, 0.3) is 5.69 Å². The average Bonchev–Trinajstić information content (AvgIpc) is 2.93. The quantitative estimate of drug-likeness (QED) is 0.647. The van der Waals surface area contributed by atoms with Gasteiger partial charge in [0.25, 0.3) is 0 Å². The van der Waals surface area contributed by atoms with E-state index in [-0.39, 0.29) is 5.78 Å². The molecule has 0 fully saturated rings. The van der Waals surface area contributed by atoms with Crippen LogP contribution in [-0.2, 0) is 0 Å². The number of aromatic nitrogens is 2. The van der Waals surface area contributed by atoms with Crippen LogP contribution < -0.4 is 4.80 Å². The van der Waals surface area contributed by atoms with Crippen molar-refractivity contribution in [3.63, 3.8) is 0 Å². The van der Waals surface area contributed by atoms with Gasteiger partial charge in [0.2, 0.25) is 4.80 Å². The predicted octanol–water partition coefficient (Wildman–Crippen LogP) is 4.13. The second-order valence-corrected chi connectivity index (χ2v) is 6.45. The van der Waals surface area contributed by atoms with Gasteiger partial charge in [0.05, 0.1) is 11.4 Å². The fourth-order valence-corrected chi connectivity index (χ4v) is 2.95. The maximum absolute atomic E-state index is 11.6. The van der Waals surface area contributed by atoms with Crippen molar-refractivity contribution in [3.05, 3.63) is 68.9 Å². The normalized spacial score (nSPS) is 11.6. The molecule has 0 N–H and O–H groups in total. The summed E-state index contributed by atoms with van der Waals surface area (Å²) in [5.74, 6) is -0.0645. The smallest absolute Gasteiger partial charge is 0.213 e. The molecular formula is C16H12BrN3OS. The van der Waals surface area contributed by atoms with Crippen molar-refractivity contribution < 1.29 is 4.79 Å². The molecule has 3 rings (SSSR count). The molecule has 22 heavy (non-hydrogen) atoms. The molecular weight excluding hydrogens is 362 g/mol. The van der Waals surface area contributed by atoms with Gasteiger partial charge in [-0.15, -0.1) is 0 Å². The lowest BCUT2D eigenvalue weighted by atomic mass is 10.3. The standard InChI is InChI=1S/C16H12BrN3OS/c1-11(21)15-19-20(14-9-7-12(17)8-10-14)16(22-15)18-13-5-3-2-4-6-13/h2-10H,1H3. The highest BCUT2D eigenvalue weighted by Gasteiger charge is 2.10. The lowest BCUT2D eigenvalue weighted by Crippen LogP contribution is -2.13. The molecule has 0 atom stereocenters. The van der Waals surface area contributed by atoms with Gasteiger partial charge in [-0.2, -0.15) is 5.10 Å². The number of halogens is 1. The van der Waals surface area contributed by atoms with Crippen LogP contribution in [0.15, 0.2) is 64.1 Å². The van der Waals surface area contributed by atoms with Crippen molar-refractivity contribution in [3.8, 4) is 5.69 Å². The molecule has 3 aromatic rings. The third-order valence-electron chi connectivity index (χ3n) is 2.91. The largest absolute Gasteiger partial charge is 0.292 e. The van der Waals surface area contributed by atoms with Crippen LogP contribution in [0.3, 0.4) is 0 Å². The Morgan fingerprint density at radius 2 is 1.82 bits per heavy atom. The third kappa shape index (κ3) is 3.23. The maximum Gasteiger partial charge on any atom is 0.213 e. The second kappa shape index (κ2) is 6.37. The highest BCUT2D eigenvalue weighted by Crippen LogP contribution is 2.15. The van der Waals surface area contributed by atoms with Crippen molar-refractivity contribution in [2.45, 2.75) is 6.92 Å². The molecule has 4 nitrogen and oxygen atoms in total. The fraction of sp³-hybridized carbons (Fsp3) is 0.0625. The molecule has 0 aliphatic carbocycles. The van der Waals surface area contributed by atoms with Crippen molar-refractivity contribution >= 4 is 38.7 Å². The molecule has 0 saturated carbocycles. The minimum atomic E-state index is -0.0645. The van der Waals surface area contributed by atoms with Gasteiger partial charge < -0.3 is 0 Å². The third-order valence-corrected chi connectivity index (χ3v) is 4.45. The van der Waals surface area contributed by atoms with Crippen LogP contribution >= 0.6 is 27.3 Å². The van der Waals surface area contributed by atoms with E-state index in [1.165, 1.54) is 18.3 Å². The van der Waals surface area contributed by atoms with Gasteiger partial charge in [0, 0.05) is 11.4 Å². The number of carbonyl (C=O) groups excluding carboxylic acids is 1. The van der Waals surface area contributed by atoms with Crippen LogP contribution in [0.1, 0.15) is 16.7 Å².